The zero-order valence-corrected chi connectivity index (χ0v) is 18.1. The van der Waals surface area contributed by atoms with E-state index in [0.29, 0.717) is 0 Å². The summed E-state index contributed by atoms with van der Waals surface area (Å²) in [5, 5.41) is 0. The van der Waals surface area contributed by atoms with E-state index in [0.717, 1.165) is 0 Å². The van der Waals surface area contributed by atoms with Gasteiger partial charge in [-0.05, 0) is 0 Å². The third-order valence-corrected chi connectivity index (χ3v) is 11.0. The fourth-order valence-electron chi connectivity index (χ4n) is 2.99. The van der Waals surface area contributed by atoms with E-state index in [9.17, 15) is 0 Å². The standard InChI is InChI=1S/C15H20BO2.3CH3.Sn/c1-12(11-13-9-7-6-8-10-13)16-17-14(2,3)15(4,5)18-16;;;;/h6-10H,1-5H3;3*1H3;. The van der Waals surface area contributed by atoms with E-state index in [1.165, 1.54) is 14.6 Å². The monoisotopic (exact) mass is 408 g/mol. The van der Waals surface area contributed by atoms with Crippen molar-refractivity contribution in [2.24, 2.45) is 0 Å². The molecule has 1 fully saturated rings. The molecule has 0 aliphatic carbocycles. The van der Waals surface area contributed by atoms with Crippen LogP contribution in [0.4, 0.5) is 0 Å². The summed E-state index contributed by atoms with van der Waals surface area (Å²) in [7, 11) is -0.240. The molecular formula is C18H29BO2Sn. The van der Waals surface area contributed by atoms with Crippen LogP contribution < -0.4 is 0 Å². The second-order valence-corrected chi connectivity index (χ2v) is 22.5. The second kappa shape index (κ2) is 5.99. The number of hydrogen-bond acceptors (Lipinski definition) is 2. The molecule has 2 rings (SSSR count). The van der Waals surface area contributed by atoms with Crippen LogP contribution >= 0.6 is 0 Å². The van der Waals surface area contributed by atoms with Crippen molar-refractivity contribution < 1.29 is 9.31 Å². The Kier molecular flexibility index (Phi) is 4.92. The summed E-state index contributed by atoms with van der Waals surface area (Å²) in [5.41, 5.74) is 2.02. The van der Waals surface area contributed by atoms with Gasteiger partial charge in [0.15, 0.2) is 0 Å². The second-order valence-electron chi connectivity index (χ2n) is 8.26. The summed E-state index contributed by atoms with van der Waals surface area (Å²) < 4.78 is 14.1. The van der Waals surface area contributed by atoms with E-state index in [4.69, 9.17) is 9.31 Å². The van der Waals surface area contributed by atoms with Gasteiger partial charge < -0.3 is 0 Å². The molecule has 4 heteroatoms. The van der Waals surface area contributed by atoms with Gasteiger partial charge in [0.25, 0.3) is 0 Å². The molecule has 0 N–H and O–H groups in total. The first kappa shape index (κ1) is 18.1. The molecule has 0 radical (unpaired) electrons. The fourth-order valence-corrected chi connectivity index (χ4v) is 9.65. The predicted octanol–water partition coefficient (Wildman–Crippen LogP) is 4.97. The molecule has 1 heterocycles. The number of allylic oxidation sites excluding steroid dienone is 1. The minimum absolute atomic E-state index is 0.240. The zero-order valence-electron chi connectivity index (χ0n) is 15.3. The van der Waals surface area contributed by atoms with Crippen molar-refractivity contribution >= 4 is 29.1 Å². The Morgan fingerprint density at radius 3 is 1.77 bits per heavy atom. The van der Waals surface area contributed by atoms with Crippen LogP contribution in [0.5, 0.6) is 0 Å². The Morgan fingerprint density at radius 1 is 0.909 bits per heavy atom. The van der Waals surface area contributed by atoms with Crippen LogP contribution in [0.25, 0.3) is 3.59 Å². The molecule has 0 spiro atoms. The number of benzene rings is 1. The van der Waals surface area contributed by atoms with Gasteiger partial charge in [0.1, 0.15) is 0 Å². The maximum absolute atomic E-state index is 6.28. The number of rotatable bonds is 3. The molecule has 1 saturated heterocycles. The molecule has 0 amide bonds. The van der Waals surface area contributed by atoms with Gasteiger partial charge in [-0.15, -0.1) is 0 Å². The quantitative estimate of drug-likeness (QED) is 0.660. The first-order chi connectivity index (χ1) is 9.96. The normalized spacial score (nSPS) is 21.7. The molecule has 0 bridgehead atoms. The van der Waals surface area contributed by atoms with Gasteiger partial charge >= 0.3 is 140 Å². The van der Waals surface area contributed by atoms with Crippen molar-refractivity contribution in [3.63, 3.8) is 0 Å². The molecule has 0 aromatic heterocycles. The predicted molar refractivity (Wildman–Crippen MR) is 98.5 cm³/mol. The van der Waals surface area contributed by atoms with Crippen molar-refractivity contribution in [2.45, 2.75) is 60.6 Å². The minimum atomic E-state index is -2.33. The van der Waals surface area contributed by atoms with Crippen molar-refractivity contribution in [1.29, 1.82) is 0 Å². The summed E-state index contributed by atoms with van der Waals surface area (Å²) in [6.45, 7) is 10.6. The SMILES string of the molecule is C/C(B1OC(C)(C)C(C)(C)O1)=[C](\c1ccccc1)[Sn]([CH3])([CH3])[CH3]. The van der Waals surface area contributed by atoms with E-state index in [1.807, 2.05) is 0 Å². The topological polar surface area (TPSA) is 18.5 Å². The molecule has 1 aromatic carbocycles. The van der Waals surface area contributed by atoms with Crippen LogP contribution in [-0.4, -0.2) is 36.7 Å². The molecular weight excluding hydrogens is 378 g/mol. The Labute approximate surface area is 140 Å². The van der Waals surface area contributed by atoms with Crippen LogP contribution in [0.3, 0.4) is 0 Å². The van der Waals surface area contributed by atoms with Gasteiger partial charge in [0.2, 0.25) is 0 Å². The van der Waals surface area contributed by atoms with Gasteiger partial charge in [-0.1, -0.05) is 0 Å². The Bertz CT molecular complexity index is 554. The van der Waals surface area contributed by atoms with Gasteiger partial charge in [-0.25, -0.2) is 0 Å². The first-order valence-electron chi connectivity index (χ1n) is 8.08. The van der Waals surface area contributed by atoms with Crippen molar-refractivity contribution in [3.8, 4) is 0 Å². The molecule has 2 nitrogen and oxygen atoms in total. The molecule has 120 valence electrons. The summed E-state index contributed by atoms with van der Waals surface area (Å²) in [4.78, 5) is 7.35. The van der Waals surface area contributed by atoms with Crippen LogP contribution in [0.1, 0.15) is 40.2 Å². The third kappa shape index (κ3) is 3.46. The molecule has 1 aliphatic heterocycles. The van der Waals surface area contributed by atoms with Gasteiger partial charge in [0.05, 0.1) is 0 Å². The molecule has 1 aliphatic rings. The molecule has 0 saturated carbocycles. The van der Waals surface area contributed by atoms with Crippen LogP contribution in [0.2, 0.25) is 14.8 Å². The average Bonchev–Trinajstić information content (AvgIpc) is 2.58. The van der Waals surface area contributed by atoms with E-state index < -0.39 is 18.4 Å². The van der Waals surface area contributed by atoms with Crippen LogP contribution in [0.15, 0.2) is 35.8 Å². The maximum atomic E-state index is 6.28. The molecule has 0 unspecified atom stereocenters. The van der Waals surface area contributed by atoms with E-state index in [-0.39, 0.29) is 18.3 Å². The molecule has 1 aromatic rings. The van der Waals surface area contributed by atoms with Crippen molar-refractivity contribution in [2.75, 3.05) is 0 Å². The summed E-state index contributed by atoms with van der Waals surface area (Å²) >= 11 is -2.33. The van der Waals surface area contributed by atoms with E-state index in [2.05, 4.69) is 79.8 Å². The van der Waals surface area contributed by atoms with E-state index in [1.54, 1.807) is 0 Å². The third-order valence-electron chi connectivity index (χ3n) is 4.81. The average molecular weight is 407 g/mol. The van der Waals surface area contributed by atoms with Crippen molar-refractivity contribution in [1.82, 2.24) is 0 Å². The van der Waals surface area contributed by atoms with Crippen molar-refractivity contribution in [3.05, 3.63) is 41.4 Å². The Balaban J connectivity index is 2.49. The fraction of sp³-hybridized carbons (Fsp3) is 0.556. The van der Waals surface area contributed by atoms with Gasteiger partial charge in [0, 0.05) is 0 Å². The van der Waals surface area contributed by atoms with Gasteiger partial charge in [-0.2, -0.15) is 0 Å². The van der Waals surface area contributed by atoms with Crippen LogP contribution in [0, 0.1) is 0 Å². The zero-order chi connectivity index (χ0) is 16.8. The summed E-state index contributed by atoms with van der Waals surface area (Å²) in [5.74, 6) is 0. The summed E-state index contributed by atoms with van der Waals surface area (Å²) in [6, 6.07) is 10.7. The first-order valence-corrected chi connectivity index (χ1v) is 18.1. The summed E-state index contributed by atoms with van der Waals surface area (Å²) in [6.07, 6.45) is 0. The number of hydrogen-bond donors (Lipinski definition) is 0. The molecule has 22 heavy (non-hydrogen) atoms. The van der Waals surface area contributed by atoms with Crippen LogP contribution in [-0.2, 0) is 9.31 Å². The van der Waals surface area contributed by atoms with Gasteiger partial charge in [-0.3, -0.25) is 0 Å². The molecule has 0 atom stereocenters. The Morgan fingerprint density at radius 2 is 1.36 bits per heavy atom. The van der Waals surface area contributed by atoms with E-state index >= 15 is 0 Å². The Hall–Kier alpha value is -0.256.